The molecule has 0 bridgehead atoms. The maximum Gasteiger partial charge on any atom is 0.240 e. The number of amides is 1. The van der Waals surface area contributed by atoms with Crippen LogP contribution in [0.1, 0.15) is 38.3 Å². The van der Waals surface area contributed by atoms with E-state index in [0.717, 1.165) is 22.9 Å². The Labute approximate surface area is 116 Å². The second kappa shape index (κ2) is 5.02. The zero-order chi connectivity index (χ0) is 13.3. The van der Waals surface area contributed by atoms with Crippen LogP contribution in [0.15, 0.2) is 28.7 Å². The summed E-state index contributed by atoms with van der Waals surface area (Å²) in [6.45, 7) is 3.80. The summed E-state index contributed by atoms with van der Waals surface area (Å²) >= 11 is 3.50. The van der Waals surface area contributed by atoms with Crippen LogP contribution >= 0.6 is 15.9 Å². The summed E-state index contributed by atoms with van der Waals surface area (Å²) < 4.78 is 1.00. The van der Waals surface area contributed by atoms with Crippen molar-refractivity contribution in [2.45, 2.75) is 38.3 Å². The number of rotatable bonds is 4. The first kappa shape index (κ1) is 13.6. The van der Waals surface area contributed by atoms with Crippen LogP contribution in [0, 0.1) is 5.92 Å². The smallest absolute Gasteiger partial charge is 0.240 e. The maximum absolute atomic E-state index is 12.2. The van der Waals surface area contributed by atoms with E-state index in [0.29, 0.717) is 5.92 Å². The van der Waals surface area contributed by atoms with Gasteiger partial charge in [0, 0.05) is 4.47 Å². The Morgan fingerprint density at radius 2 is 2.11 bits per heavy atom. The molecule has 1 aliphatic rings. The van der Waals surface area contributed by atoms with Gasteiger partial charge in [0.1, 0.15) is 0 Å². The van der Waals surface area contributed by atoms with Gasteiger partial charge in [-0.1, -0.05) is 34.1 Å². The molecule has 0 spiro atoms. The highest BCUT2D eigenvalue weighted by molar-refractivity contribution is 9.10. The van der Waals surface area contributed by atoms with Crippen molar-refractivity contribution in [1.29, 1.82) is 0 Å². The fraction of sp³-hybridized carbons (Fsp3) is 0.500. The fourth-order valence-corrected chi connectivity index (χ4v) is 2.75. The second-order valence-electron chi connectivity index (χ2n) is 5.27. The monoisotopic (exact) mass is 310 g/mol. The third-order valence-electron chi connectivity index (χ3n) is 3.63. The summed E-state index contributed by atoms with van der Waals surface area (Å²) in [6, 6.07) is 7.85. The van der Waals surface area contributed by atoms with Crippen LogP contribution in [0.4, 0.5) is 0 Å². The Bertz CT molecular complexity index is 455. The Balaban J connectivity index is 2.05. The van der Waals surface area contributed by atoms with E-state index in [2.05, 4.69) is 21.2 Å². The van der Waals surface area contributed by atoms with E-state index in [1.807, 2.05) is 38.1 Å². The number of nitrogens with one attached hydrogen (secondary N) is 1. The highest BCUT2D eigenvalue weighted by Crippen LogP contribution is 2.38. The first-order chi connectivity index (χ1) is 8.43. The van der Waals surface area contributed by atoms with Crippen molar-refractivity contribution in [3.05, 3.63) is 34.3 Å². The maximum atomic E-state index is 12.2. The van der Waals surface area contributed by atoms with Gasteiger partial charge >= 0.3 is 0 Å². The minimum atomic E-state index is -0.741. The molecule has 3 N–H and O–H groups in total. The first-order valence-corrected chi connectivity index (χ1v) is 7.06. The van der Waals surface area contributed by atoms with E-state index in [9.17, 15) is 4.79 Å². The normalized spacial score (nSPS) is 20.0. The van der Waals surface area contributed by atoms with Crippen molar-refractivity contribution >= 4 is 21.8 Å². The van der Waals surface area contributed by atoms with E-state index in [1.165, 1.54) is 0 Å². The third kappa shape index (κ3) is 2.75. The summed E-state index contributed by atoms with van der Waals surface area (Å²) in [4.78, 5) is 12.2. The molecule has 0 heterocycles. The van der Waals surface area contributed by atoms with E-state index >= 15 is 0 Å². The molecule has 2 rings (SSSR count). The Kier molecular flexibility index (Phi) is 3.78. The molecule has 1 saturated carbocycles. The molecule has 1 aliphatic carbocycles. The van der Waals surface area contributed by atoms with E-state index in [-0.39, 0.29) is 11.9 Å². The van der Waals surface area contributed by atoms with Crippen LogP contribution in [-0.2, 0) is 4.79 Å². The molecule has 1 fully saturated rings. The number of nitrogens with two attached hydrogens (primary N) is 1. The minimum absolute atomic E-state index is 0.0466. The van der Waals surface area contributed by atoms with Crippen molar-refractivity contribution < 1.29 is 4.79 Å². The molecular weight excluding hydrogens is 292 g/mol. The number of hydrogen-bond donors (Lipinski definition) is 2. The summed E-state index contributed by atoms with van der Waals surface area (Å²) in [6.07, 6.45) is 2.12. The average molecular weight is 311 g/mol. The van der Waals surface area contributed by atoms with Gasteiger partial charge < -0.3 is 11.1 Å². The van der Waals surface area contributed by atoms with Crippen LogP contribution in [-0.4, -0.2) is 11.4 Å². The Morgan fingerprint density at radius 3 is 2.67 bits per heavy atom. The number of hydrogen-bond acceptors (Lipinski definition) is 2. The molecule has 18 heavy (non-hydrogen) atoms. The van der Waals surface area contributed by atoms with Gasteiger partial charge in [0.15, 0.2) is 0 Å². The summed E-state index contributed by atoms with van der Waals surface area (Å²) in [7, 11) is 0. The molecule has 1 aromatic carbocycles. The number of benzene rings is 1. The van der Waals surface area contributed by atoms with E-state index in [1.54, 1.807) is 0 Å². The molecule has 0 saturated heterocycles. The van der Waals surface area contributed by atoms with Crippen molar-refractivity contribution in [3.63, 3.8) is 0 Å². The quantitative estimate of drug-likeness (QED) is 0.898. The van der Waals surface area contributed by atoms with Gasteiger partial charge in [0.05, 0.1) is 11.6 Å². The molecule has 1 unspecified atom stereocenters. The molecular formula is C14H19BrN2O. The number of carbonyl (C=O) groups excluding carboxylic acids is 1. The van der Waals surface area contributed by atoms with Gasteiger partial charge in [0.25, 0.3) is 0 Å². The van der Waals surface area contributed by atoms with E-state index in [4.69, 9.17) is 5.73 Å². The third-order valence-corrected chi connectivity index (χ3v) is 4.36. The Morgan fingerprint density at radius 1 is 1.50 bits per heavy atom. The fourth-order valence-electron chi connectivity index (χ4n) is 2.12. The lowest BCUT2D eigenvalue weighted by molar-refractivity contribution is -0.127. The lowest BCUT2D eigenvalue weighted by Gasteiger charge is -2.26. The van der Waals surface area contributed by atoms with Crippen LogP contribution in [0.3, 0.4) is 0 Å². The van der Waals surface area contributed by atoms with Crippen LogP contribution < -0.4 is 11.1 Å². The summed E-state index contributed by atoms with van der Waals surface area (Å²) in [5.74, 6) is 0.275. The molecule has 3 nitrogen and oxygen atoms in total. The highest BCUT2D eigenvalue weighted by Gasteiger charge is 2.44. The second-order valence-corrected chi connectivity index (χ2v) is 6.13. The SMILES string of the molecule is C[C@@H](NC(=O)C(C)(N)C1CC1)c1ccccc1Br. The van der Waals surface area contributed by atoms with Crippen molar-refractivity contribution in [2.24, 2.45) is 11.7 Å². The topological polar surface area (TPSA) is 55.1 Å². The van der Waals surface area contributed by atoms with Crippen LogP contribution in [0.25, 0.3) is 0 Å². The zero-order valence-electron chi connectivity index (χ0n) is 10.7. The molecule has 98 valence electrons. The van der Waals surface area contributed by atoms with Crippen molar-refractivity contribution in [3.8, 4) is 0 Å². The van der Waals surface area contributed by atoms with Crippen molar-refractivity contribution in [2.75, 3.05) is 0 Å². The zero-order valence-corrected chi connectivity index (χ0v) is 12.3. The van der Waals surface area contributed by atoms with Gasteiger partial charge in [0.2, 0.25) is 5.91 Å². The number of carbonyl (C=O) groups is 1. The average Bonchev–Trinajstić information content (AvgIpc) is 3.13. The minimum Gasteiger partial charge on any atom is -0.348 e. The van der Waals surface area contributed by atoms with Gasteiger partial charge in [-0.05, 0) is 44.2 Å². The molecule has 0 aliphatic heterocycles. The summed E-state index contributed by atoms with van der Waals surface area (Å²) in [5.41, 5.74) is 6.43. The highest BCUT2D eigenvalue weighted by atomic mass is 79.9. The van der Waals surface area contributed by atoms with Gasteiger partial charge in [-0.25, -0.2) is 0 Å². The van der Waals surface area contributed by atoms with Crippen LogP contribution in [0.2, 0.25) is 0 Å². The van der Waals surface area contributed by atoms with Gasteiger partial charge in [-0.15, -0.1) is 0 Å². The molecule has 2 atom stereocenters. The van der Waals surface area contributed by atoms with Crippen LogP contribution in [0.5, 0.6) is 0 Å². The largest absolute Gasteiger partial charge is 0.348 e. The predicted octanol–water partition coefficient (Wildman–Crippen LogP) is 2.75. The lowest BCUT2D eigenvalue weighted by Crippen LogP contribution is -2.53. The standard InChI is InChI=1S/C14H19BrN2O/c1-9(11-5-3-4-6-12(11)15)17-13(18)14(2,16)10-7-8-10/h3-6,9-10H,7-8,16H2,1-2H3,(H,17,18)/t9-,14?/m1/s1. The molecule has 0 radical (unpaired) electrons. The Hall–Kier alpha value is -0.870. The molecule has 4 heteroatoms. The molecule has 1 aromatic rings. The van der Waals surface area contributed by atoms with Gasteiger partial charge in [-0.2, -0.15) is 0 Å². The predicted molar refractivity (Wildman–Crippen MR) is 76.0 cm³/mol. The van der Waals surface area contributed by atoms with E-state index < -0.39 is 5.54 Å². The molecule has 0 aromatic heterocycles. The molecule has 1 amide bonds. The van der Waals surface area contributed by atoms with Gasteiger partial charge in [-0.3, -0.25) is 4.79 Å². The van der Waals surface area contributed by atoms with Crippen molar-refractivity contribution in [1.82, 2.24) is 5.32 Å². The lowest BCUT2D eigenvalue weighted by atomic mass is 9.95. The first-order valence-electron chi connectivity index (χ1n) is 6.27. The number of halogens is 1. The summed E-state index contributed by atoms with van der Waals surface area (Å²) in [5, 5.41) is 3.00.